The Labute approximate surface area is 233 Å². The Morgan fingerprint density at radius 2 is 1.79 bits per heavy atom. The van der Waals surface area contributed by atoms with Crippen molar-refractivity contribution in [3.8, 4) is 11.4 Å². The molecule has 1 amide bonds. The molecule has 1 aliphatic rings. The maximum absolute atomic E-state index is 13.6. The van der Waals surface area contributed by atoms with Gasteiger partial charge in [0.25, 0.3) is 0 Å². The SMILES string of the molecule is CCC(C(=O)N1CCCN(c2nc3cc(Cl)ccc3c3nnc(-c4cccc(C)c4)n23)CC1)c1ccccc1. The molecule has 1 saturated heterocycles. The first-order valence-corrected chi connectivity index (χ1v) is 13.9. The molecule has 0 aliphatic carbocycles. The fourth-order valence-electron chi connectivity index (χ4n) is 5.57. The summed E-state index contributed by atoms with van der Waals surface area (Å²) in [6.07, 6.45) is 1.62. The van der Waals surface area contributed by atoms with Crippen molar-refractivity contribution in [3.63, 3.8) is 0 Å². The Balaban J connectivity index is 1.38. The first-order valence-electron chi connectivity index (χ1n) is 13.5. The Bertz CT molecular complexity index is 1650. The minimum absolute atomic E-state index is 0.129. The molecule has 1 unspecified atom stereocenters. The zero-order chi connectivity index (χ0) is 26.9. The lowest BCUT2D eigenvalue weighted by molar-refractivity contribution is -0.132. The van der Waals surface area contributed by atoms with Crippen LogP contribution < -0.4 is 4.90 Å². The summed E-state index contributed by atoms with van der Waals surface area (Å²) < 4.78 is 2.06. The molecule has 7 nitrogen and oxygen atoms in total. The van der Waals surface area contributed by atoms with Gasteiger partial charge in [0.2, 0.25) is 11.9 Å². The van der Waals surface area contributed by atoms with Gasteiger partial charge in [-0.25, -0.2) is 9.38 Å². The number of anilines is 1. The number of nitrogens with zero attached hydrogens (tertiary/aromatic N) is 6. The van der Waals surface area contributed by atoms with E-state index < -0.39 is 0 Å². The van der Waals surface area contributed by atoms with Gasteiger partial charge < -0.3 is 9.80 Å². The minimum atomic E-state index is -0.129. The fourth-order valence-corrected chi connectivity index (χ4v) is 5.74. The third kappa shape index (κ3) is 4.83. The van der Waals surface area contributed by atoms with Crippen molar-refractivity contribution in [1.82, 2.24) is 24.5 Å². The van der Waals surface area contributed by atoms with E-state index in [2.05, 4.69) is 63.7 Å². The zero-order valence-corrected chi connectivity index (χ0v) is 23.0. The highest BCUT2D eigenvalue weighted by molar-refractivity contribution is 6.31. The first-order chi connectivity index (χ1) is 19.0. The number of fused-ring (bicyclic) bond motifs is 3. The monoisotopic (exact) mass is 538 g/mol. The molecular formula is C31H31ClN6O. The van der Waals surface area contributed by atoms with E-state index in [1.54, 1.807) is 0 Å². The first kappa shape index (κ1) is 25.3. The lowest BCUT2D eigenvalue weighted by Gasteiger charge is -2.27. The largest absolute Gasteiger partial charge is 0.340 e. The third-order valence-corrected chi connectivity index (χ3v) is 7.79. The molecule has 0 radical (unpaired) electrons. The van der Waals surface area contributed by atoms with Crippen LogP contribution in [0.15, 0.2) is 72.8 Å². The predicted octanol–water partition coefficient (Wildman–Crippen LogP) is 6.14. The highest BCUT2D eigenvalue weighted by Gasteiger charge is 2.28. The van der Waals surface area contributed by atoms with E-state index in [0.29, 0.717) is 24.7 Å². The molecule has 1 atom stereocenters. The summed E-state index contributed by atoms with van der Waals surface area (Å²) in [5.41, 5.74) is 4.74. The molecule has 5 aromatic rings. The summed E-state index contributed by atoms with van der Waals surface area (Å²) in [6, 6.07) is 24.1. The topological polar surface area (TPSA) is 66.6 Å². The van der Waals surface area contributed by atoms with E-state index in [-0.39, 0.29) is 11.8 Å². The number of amides is 1. The molecular weight excluding hydrogens is 508 g/mol. The van der Waals surface area contributed by atoms with Crippen molar-refractivity contribution in [2.24, 2.45) is 0 Å². The molecule has 8 heteroatoms. The predicted molar refractivity (Wildman–Crippen MR) is 156 cm³/mol. The molecule has 0 saturated carbocycles. The van der Waals surface area contributed by atoms with Crippen LogP contribution in [0.1, 0.15) is 36.8 Å². The van der Waals surface area contributed by atoms with Crippen molar-refractivity contribution in [3.05, 3.63) is 88.9 Å². The number of hydrogen-bond acceptors (Lipinski definition) is 5. The summed E-state index contributed by atoms with van der Waals surface area (Å²) >= 11 is 6.36. The van der Waals surface area contributed by atoms with Crippen LogP contribution in [0, 0.1) is 6.92 Å². The van der Waals surface area contributed by atoms with E-state index in [9.17, 15) is 4.79 Å². The normalized spacial score (nSPS) is 15.1. The molecule has 2 aromatic heterocycles. The molecule has 0 bridgehead atoms. The van der Waals surface area contributed by atoms with Crippen LogP contribution in [0.3, 0.4) is 0 Å². The average molecular weight is 539 g/mol. The lowest BCUT2D eigenvalue weighted by Crippen LogP contribution is -2.38. The highest BCUT2D eigenvalue weighted by atomic mass is 35.5. The van der Waals surface area contributed by atoms with Crippen LogP contribution in [0.2, 0.25) is 5.02 Å². The van der Waals surface area contributed by atoms with Crippen molar-refractivity contribution < 1.29 is 4.79 Å². The second-order valence-electron chi connectivity index (χ2n) is 10.2. The van der Waals surface area contributed by atoms with Crippen LogP contribution in [0.25, 0.3) is 27.9 Å². The fraction of sp³-hybridized carbons (Fsp3) is 0.290. The number of carbonyl (C=O) groups is 1. The van der Waals surface area contributed by atoms with E-state index in [1.165, 1.54) is 0 Å². The molecule has 3 heterocycles. The van der Waals surface area contributed by atoms with Crippen molar-refractivity contribution >= 4 is 40.0 Å². The van der Waals surface area contributed by atoms with Gasteiger partial charge in [-0.1, -0.05) is 72.6 Å². The standard InChI is InChI=1S/C31H31ClN6O/c1-3-25(22-10-5-4-6-11-22)30(39)36-15-8-16-37(18-17-36)31-33-27-20-24(32)13-14-26(27)29-35-34-28(38(29)31)23-12-7-9-21(2)19-23/h4-7,9-14,19-20,25H,3,8,15-18H2,1-2H3. The van der Waals surface area contributed by atoms with Gasteiger partial charge in [-0.3, -0.25) is 4.79 Å². The minimum Gasteiger partial charge on any atom is -0.340 e. The molecule has 0 spiro atoms. The Hall–Kier alpha value is -3.97. The van der Waals surface area contributed by atoms with Gasteiger partial charge in [0, 0.05) is 42.2 Å². The van der Waals surface area contributed by atoms with E-state index >= 15 is 0 Å². The number of hydrogen-bond donors (Lipinski definition) is 0. The molecule has 3 aromatic carbocycles. The second kappa shape index (κ2) is 10.7. The number of aromatic nitrogens is 4. The van der Waals surface area contributed by atoms with Gasteiger partial charge in [-0.05, 0) is 49.6 Å². The summed E-state index contributed by atoms with van der Waals surface area (Å²) in [7, 11) is 0. The van der Waals surface area contributed by atoms with Gasteiger partial charge in [0.15, 0.2) is 11.5 Å². The average Bonchev–Trinajstić information content (AvgIpc) is 3.24. The van der Waals surface area contributed by atoms with Gasteiger partial charge in [-0.2, -0.15) is 0 Å². The molecule has 1 fully saturated rings. The summed E-state index contributed by atoms with van der Waals surface area (Å²) in [5.74, 6) is 1.58. The zero-order valence-electron chi connectivity index (χ0n) is 22.2. The molecule has 1 aliphatic heterocycles. The van der Waals surface area contributed by atoms with Crippen LogP contribution in [0.5, 0.6) is 0 Å². The summed E-state index contributed by atoms with van der Waals surface area (Å²) in [5, 5.41) is 10.8. The molecule has 0 N–H and O–H groups in total. The number of benzene rings is 3. The van der Waals surface area contributed by atoms with Crippen LogP contribution >= 0.6 is 11.6 Å². The maximum atomic E-state index is 13.6. The third-order valence-electron chi connectivity index (χ3n) is 7.56. The summed E-state index contributed by atoms with van der Waals surface area (Å²) in [4.78, 5) is 23.0. The quantitative estimate of drug-likeness (QED) is 0.269. The Kier molecular flexibility index (Phi) is 6.92. The number of halogens is 1. The second-order valence-corrected chi connectivity index (χ2v) is 10.6. The molecule has 198 valence electrons. The van der Waals surface area contributed by atoms with Crippen molar-refractivity contribution in [2.45, 2.75) is 32.6 Å². The lowest BCUT2D eigenvalue weighted by atomic mass is 9.95. The van der Waals surface area contributed by atoms with Crippen LogP contribution in [-0.2, 0) is 4.79 Å². The van der Waals surface area contributed by atoms with Crippen molar-refractivity contribution in [2.75, 3.05) is 31.1 Å². The molecule has 6 rings (SSSR count). The smallest absolute Gasteiger partial charge is 0.230 e. The Morgan fingerprint density at radius 3 is 2.59 bits per heavy atom. The highest BCUT2D eigenvalue weighted by Crippen LogP contribution is 2.31. The number of carbonyl (C=O) groups excluding carboxylic acids is 1. The van der Waals surface area contributed by atoms with E-state index in [0.717, 1.165) is 64.4 Å². The van der Waals surface area contributed by atoms with E-state index in [1.807, 2.05) is 47.4 Å². The van der Waals surface area contributed by atoms with Gasteiger partial charge in [-0.15, -0.1) is 10.2 Å². The van der Waals surface area contributed by atoms with Gasteiger partial charge in [0.05, 0.1) is 11.4 Å². The Morgan fingerprint density at radius 1 is 0.949 bits per heavy atom. The number of rotatable bonds is 5. The molecule has 39 heavy (non-hydrogen) atoms. The summed E-state index contributed by atoms with van der Waals surface area (Å²) in [6.45, 7) is 6.93. The maximum Gasteiger partial charge on any atom is 0.230 e. The van der Waals surface area contributed by atoms with Crippen molar-refractivity contribution in [1.29, 1.82) is 0 Å². The van der Waals surface area contributed by atoms with Crippen LogP contribution in [0.4, 0.5) is 5.95 Å². The van der Waals surface area contributed by atoms with Gasteiger partial charge >= 0.3 is 0 Å². The number of aryl methyl sites for hydroxylation is 1. The van der Waals surface area contributed by atoms with E-state index in [4.69, 9.17) is 16.6 Å². The van der Waals surface area contributed by atoms with Crippen LogP contribution in [-0.4, -0.2) is 56.6 Å². The van der Waals surface area contributed by atoms with Gasteiger partial charge in [0.1, 0.15) is 0 Å².